The molecule has 1 nitrogen and oxygen atoms in total. The molecular formula is C16H24F3N. The Bertz CT molecular complexity index is 402. The summed E-state index contributed by atoms with van der Waals surface area (Å²) in [5.74, 6) is 1.65. The number of hydrogen-bond donors (Lipinski definition) is 1. The highest BCUT2D eigenvalue weighted by Crippen LogP contribution is 2.29. The molecule has 0 radical (unpaired) electrons. The Balaban J connectivity index is 2.58. The second-order valence-electron chi connectivity index (χ2n) is 5.98. The normalized spacial score (nSPS) is 12.7. The Kier molecular flexibility index (Phi) is 6.06. The predicted octanol–water partition coefficient (Wildman–Crippen LogP) is 4.72. The lowest BCUT2D eigenvalue weighted by molar-refractivity contribution is -0.137. The molecule has 0 heterocycles. The van der Waals surface area contributed by atoms with Gasteiger partial charge in [0.25, 0.3) is 0 Å². The van der Waals surface area contributed by atoms with Crippen molar-refractivity contribution in [1.82, 2.24) is 5.32 Å². The average molecular weight is 287 g/mol. The van der Waals surface area contributed by atoms with Crippen LogP contribution in [0.5, 0.6) is 0 Å². The van der Waals surface area contributed by atoms with Crippen LogP contribution in [0.1, 0.15) is 38.8 Å². The molecule has 1 aromatic carbocycles. The van der Waals surface area contributed by atoms with Gasteiger partial charge in [-0.25, -0.2) is 0 Å². The van der Waals surface area contributed by atoms with Crippen LogP contribution in [0.15, 0.2) is 24.3 Å². The monoisotopic (exact) mass is 287 g/mol. The second-order valence-corrected chi connectivity index (χ2v) is 5.98. The number of hydrogen-bond acceptors (Lipinski definition) is 1. The number of nitrogens with one attached hydrogen (secondary N) is 1. The van der Waals surface area contributed by atoms with E-state index in [4.69, 9.17) is 0 Å². The van der Waals surface area contributed by atoms with Gasteiger partial charge >= 0.3 is 6.18 Å². The summed E-state index contributed by atoms with van der Waals surface area (Å²) in [5.41, 5.74) is 0.0900. The van der Waals surface area contributed by atoms with Gasteiger partial charge < -0.3 is 5.32 Å². The number of alkyl halides is 3. The molecule has 0 aliphatic heterocycles. The maximum atomic E-state index is 12.6. The summed E-state index contributed by atoms with van der Waals surface area (Å²) >= 11 is 0. The van der Waals surface area contributed by atoms with Crippen molar-refractivity contribution in [3.63, 3.8) is 0 Å². The van der Waals surface area contributed by atoms with Crippen molar-refractivity contribution in [3.8, 4) is 0 Å². The van der Waals surface area contributed by atoms with Crippen molar-refractivity contribution >= 4 is 0 Å². The quantitative estimate of drug-likeness (QED) is 0.798. The van der Waals surface area contributed by atoms with Gasteiger partial charge in [-0.1, -0.05) is 45.9 Å². The minimum atomic E-state index is -4.27. The fourth-order valence-electron chi connectivity index (χ4n) is 2.48. The lowest BCUT2D eigenvalue weighted by atomic mass is 9.85. The smallest absolute Gasteiger partial charge is 0.312 e. The first-order chi connectivity index (χ1) is 9.21. The van der Waals surface area contributed by atoms with E-state index in [1.165, 1.54) is 12.1 Å². The van der Waals surface area contributed by atoms with E-state index in [-0.39, 0.29) is 0 Å². The molecule has 0 spiro atoms. The maximum Gasteiger partial charge on any atom is 0.416 e. The van der Waals surface area contributed by atoms with Crippen molar-refractivity contribution < 1.29 is 13.2 Å². The Morgan fingerprint density at radius 2 is 1.65 bits per heavy atom. The van der Waals surface area contributed by atoms with Crippen LogP contribution >= 0.6 is 0 Å². The molecule has 0 saturated heterocycles. The highest BCUT2D eigenvalue weighted by atomic mass is 19.4. The molecule has 0 atom stereocenters. The molecule has 1 N–H and O–H groups in total. The molecule has 20 heavy (non-hydrogen) atoms. The first-order valence-electron chi connectivity index (χ1n) is 7.08. The zero-order chi connectivity index (χ0) is 15.3. The Morgan fingerprint density at radius 1 is 1.05 bits per heavy atom. The minimum Gasteiger partial charge on any atom is -0.312 e. The molecule has 0 aliphatic carbocycles. The molecular weight excluding hydrogens is 263 g/mol. The predicted molar refractivity (Wildman–Crippen MR) is 76.3 cm³/mol. The minimum absolute atomic E-state index is 0.472. The van der Waals surface area contributed by atoms with E-state index in [0.29, 0.717) is 29.9 Å². The van der Waals surface area contributed by atoms with Crippen molar-refractivity contribution in [2.24, 2.45) is 17.8 Å². The number of benzene rings is 1. The summed E-state index contributed by atoms with van der Waals surface area (Å²) < 4.78 is 37.8. The number of rotatable bonds is 6. The summed E-state index contributed by atoms with van der Waals surface area (Å²) in [6, 6.07) is 5.51. The van der Waals surface area contributed by atoms with Gasteiger partial charge in [0.15, 0.2) is 0 Å². The molecule has 1 rings (SSSR count). The summed E-state index contributed by atoms with van der Waals surface area (Å²) in [5, 5.41) is 3.28. The van der Waals surface area contributed by atoms with E-state index in [1.807, 2.05) is 0 Å². The van der Waals surface area contributed by atoms with Gasteiger partial charge in [0.05, 0.1) is 5.56 Å². The average Bonchev–Trinajstić information content (AvgIpc) is 2.33. The van der Waals surface area contributed by atoms with Gasteiger partial charge in [-0.3, -0.25) is 0 Å². The number of halogens is 3. The van der Waals surface area contributed by atoms with Crippen LogP contribution in [0.3, 0.4) is 0 Å². The molecule has 0 amide bonds. The van der Waals surface area contributed by atoms with E-state index in [0.717, 1.165) is 12.6 Å². The summed E-state index contributed by atoms with van der Waals surface area (Å²) in [7, 11) is 0. The van der Waals surface area contributed by atoms with Crippen LogP contribution in [0.4, 0.5) is 13.2 Å². The Labute approximate surface area is 119 Å². The van der Waals surface area contributed by atoms with Crippen molar-refractivity contribution in [3.05, 3.63) is 35.4 Å². The Hall–Kier alpha value is -1.03. The molecule has 4 heteroatoms. The lowest BCUT2D eigenvalue weighted by Gasteiger charge is -2.25. The van der Waals surface area contributed by atoms with Gasteiger partial charge in [0.1, 0.15) is 0 Å². The van der Waals surface area contributed by atoms with Crippen LogP contribution < -0.4 is 5.32 Å². The highest BCUT2D eigenvalue weighted by molar-refractivity contribution is 5.25. The standard InChI is InChI=1S/C16H24F3N/c1-11(2)15(12(3)4)10-20-9-13-6-5-7-14(8-13)16(17,18)19/h5-8,11-12,15,20H,9-10H2,1-4H3. The van der Waals surface area contributed by atoms with Crippen molar-refractivity contribution in [1.29, 1.82) is 0 Å². The largest absolute Gasteiger partial charge is 0.416 e. The third-order valence-electron chi connectivity index (χ3n) is 3.68. The highest BCUT2D eigenvalue weighted by Gasteiger charge is 2.30. The van der Waals surface area contributed by atoms with Crippen LogP contribution in [0.25, 0.3) is 0 Å². The molecule has 1 aromatic rings. The van der Waals surface area contributed by atoms with Crippen molar-refractivity contribution in [2.75, 3.05) is 6.54 Å². The van der Waals surface area contributed by atoms with Gasteiger partial charge in [-0.15, -0.1) is 0 Å². The third-order valence-corrected chi connectivity index (χ3v) is 3.68. The molecule has 0 fully saturated rings. The van der Waals surface area contributed by atoms with Gasteiger partial charge in [-0.05, 0) is 35.9 Å². The summed E-state index contributed by atoms with van der Waals surface area (Å²) in [4.78, 5) is 0. The second kappa shape index (κ2) is 7.11. The maximum absolute atomic E-state index is 12.6. The van der Waals surface area contributed by atoms with E-state index in [1.54, 1.807) is 6.07 Å². The van der Waals surface area contributed by atoms with Gasteiger partial charge in [-0.2, -0.15) is 13.2 Å². The molecule has 0 aromatic heterocycles. The summed E-state index contributed by atoms with van der Waals surface area (Å²) in [6.07, 6.45) is -4.27. The van der Waals surface area contributed by atoms with Gasteiger partial charge in [0, 0.05) is 6.54 Å². The third kappa shape index (κ3) is 5.16. The Morgan fingerprint density at radius 3 is 2.15 bits per heavy atom. The van der Waals surface area contributed by atoms with Crippen LogP contribution in [0.2, 0.25) is 0 Å². The summed E-state index contributed by atoms with van der Waals surface area (Å²) in [6.45, 7) is 10.0. The van der Waals surface area contributed by atoms with Crippen LogP contribution in [-0.2, 0) is 12.7 Å². The first-order valence-corrected chi connectivity index (χ1v) is 7.08. The lowest BCUT2D eigenvalue weighted by Crippen LogP contribution is -2.29. The van der Waals surface area contributed by atoms with Gasteiger partial charge in [0.2, 0.25) is 0 Å². The van der Waals surface area contributed by atoms with Crippen LogP contribution in [-0.4, -0.2) is 6.54 Å². The fourth-order valence-corrected chi connectivity index (χ4v) is 2.48. The molecule has 0 aliphatic rings. The van der Waals surface area contributed by atoms with Crippen LogP contribution in [0, 0.1) is 17.8 Å². The zero-order valence-corrected chi connectivity index (χ0v) is 12.6. The molecule has 0 unspecified atom stereocenters. The van der Waals surface area contributed by atoms with E-state index >= 15 is 0 Å². The van der Waals surface area contributed by atoms with Crippen molar-refractivity contribution in [2.45, 2.75) is 40.4 Å². The topological polar surface area (TPSA) is 12.0 Å². The SMILES string of the molecule is CC(C)C(CNCc1cccc(C(F)(F)F)c1)C(C)C. The van der Waals surface area contributed by atoms with E-state index in [2.05, 4.69) is 33.0 Å². The first kappa shape index (κ1) is 17.0. The van der Waals surface area contributed by atoms with E-state index < -0.39 is 11.7 Å². The van der Waals surface area contributed by atoms with E-state index in [9.17, 15) is 13.2 Å². The molecule has 114 valence electrons. The molecule has 0 saturated carbocycles. The fraction of sp³-hybridized carbons (Fsp3) is 0.625. The molecule has 0 bridgehead atoms. The zero-order valence-electron chi connectivity index (χ0n) is 12.6.